The maximum Gasteiger partial charge on any atom is 0.293 e. The Morgan fingerprint density at radius 3 is 2.75 bits per heavy atom. The molecule has 1 amide bonds. The molecular formula is C17H24N4O3. The van der Waals surface area contributed by atoms with Crippen molar-refractivity contribution in [1.29, 1.82) is 0 Å². The van der Waals surface area contributed by atoms with Gasteiger partial charge in [-0.2, -0.15) is 4.98 Å². The van der Waals surface area contributed by atoms with Crippen molar-refractivity contribution in [2.75, 3.05) is 6.54 Å². The van der Waals surface area contributed by atoms with Gasteiger partial charge in [0.1, 0.15) is 6.04 Å². The van der Waals surface area contributed by atoms with Crippen molar-refractivity contribution in [3.8, 4) is 0 Å². The lowest BCUT2D eigenvalue weighted by molar-refractivity contribution is 0.0668. The summed E-state index contributed by atoms with van der Waals surface area (Å²) >= 11 is 0. The third-order valence-electron chi connectivity index (χ3n) is 4.16. The van der Waals surface area contributed by atoms with Crippen LogP contribution >= 0.6 is 0 Å². The molecule has 1 unspecified atom stereocenters. The molecule has 0 aliphatic carbocycles. The summed E-state index contributed by atoms with van der Waals surface area (Å²) in [7, 11) is 0. The molecule has 130 valence electrons. The molecule has 1 aliphatic heterocycles. The fraction of sp³-hybridized carbons (Fsp3) is 0.647. The number of hydrogen-bond donors (Lipinski definition) is 0. The second-order valence-electron chi connectivity index (χ2n) is 7.08. The predicted octanol–water partition coefficient (Wildman–Crippen LogP) is 3.36. The number of carbonyl (C=O) groups is 1. The summed E-state index contributed by atoms with van der Waals surface area (Å²) in [6, 6.07) is 1.56. The zero-order valence-corrected chi connectivity index (χ0v) is 14.7. The van der Waals surface area contributed by atoms with E-state index in [-0.39, 0.29) is 23.6 Å². The van der Waals surface area contributed by atoms with Gasteiger partial charge in [-0.1, -0.05) is 38.0 Å². The van der Waals surface area contributed by atoms with Crippen molar-refractivity contribution < 1.29 is 13.8 Å². The van der Waals surface area contributed by atoms with Crippen molar-refractivity contribution in [2.45, 2.75) is 58.9 Å². The van der Waals surface area contributed by atoms with E-state index < -0.39 is 0 Å². The first-order valence-corrected chi connectivity index (χ1v) is 8.55. The van der Waals surface area contributed by atoms with Crippen LogP contribution in [0.1, 0.15) is 80.5 Å². The van der Waals surface area contributed by atoms with Gasteiger partial charge < -0.3 is 13.9 Å². The molecule has 3 heterocycles. The van der Waals surface area contributed by atoms with Crippen LogP contribution in [0, 0.1) is 5.92 Å². The molecule has 2 aromatic heterocycles. The van der Waals surface area contributed by atoms with Gasteiger partial charge in [0.15, 0.2) is 5.82 Å². The standard InChI is InChI=1S/C17H24N4O3/c1-10(2)8-12-9-14(23-19-12)17(22)21-7-5-6-13(21)16-18-15(11(3)4)20-24-16/h9-11,13H,5-8H2,1-4H3. The molecule has 1 saturated heterocycles. The Hall–Kier alpha value is -2.18. The van der Waals surface area contributed by atoms with Crippen LogP contribution in [-0.2, 0) is 6.42 Å². The topological polar surface area (TPSA) is 85.3 Å². The Balaban J connectivity index is 1.76. The summed E-state index contributed by atoms with van der Waals surface area (Å²) in [6.07, 6.45) is 2.52. The van der Waals surface area contributed by atoms with Crippen molar-refractivity contribution in [2.24, 2.45) is 5.92 Å². The smallest absolute Gasteiger partial charge is 0.293 e. The molecule has 0 bridgehead atoms. The first-order valence-electron chi connectivity index (χ1n) is 8.55. The third-order valence-corrected chi connectivity index (χ3v) is 4.16. The summed E-state index contributed by atoms with van der Waals surface area (Å²) in [6.45, 7) is 8.89. The van der Waals surface area contributed by atoms with Crippen LogP contribution in [0.15, 0.2) is 15.1 Å². The first-order chi connectivity index (χ1) is 11.5. The zero-order chi connectivity index (χ0) is 17.3. The van der Waals surface area contributed by atoms with Gasteiger partial charge in [-0.05, 0) is 25.2 Å². The van der Waals surface area contributed by atoms with Gasteiger partial charge in [-0.15, -0.1) is 0 Å². The van der Waals surface area contributed by atoms with Crippen LogP contribution < -0.4 is 0 Å². The molecule has 1 fully saturated rings. The molecule has 0 saturated carbocycles. The number of likely N-dealkylation sites (tertiary alicyclic amines) is 1. The van der Waals surface area contributed by atoms with E-state index in [0.717, 1.165) is 25.0 Å². The minimum Gasteiger partial charge on any atom is -0.351 e. The van der Waals surface area contributed by atoms with E-state index in [0.29, 0.717) is 24.2 Å². The second-order valence-corrected chi connectivity index (χ2v) is 7.08. The first kappa shape index (κ1) is 16.7. The van der Waals surface area contributed by atoms with Crippen LogP contribution in [0.3, 0.4) is 0 Å². The Morgan fingerprint density at radius 2 is 2.08 bits per heavy atom. The average Bonchev–Trinajstić information content (AvgIpc) is 3.25. The Labute approximate surface area is 141 Å². The van der Waals surface area contributed by atoms with Gasteiger partial charge >= 0.3 is 0 Å². The maximum atomic E-state index is 12.8. The molecule has 3 rings (SSSR count). The molecule has 0 aromatic carbocycles. The number of aromatic nitrogens is 3. The fourth-order valence-electron chi connectivity index (χ4n) is 2.95. The monoisotopic (exact) mass is 332 g/mol. The van der Waals surface area contributed by atoms with E-state index in [1.54, 1.807) is 11.0 Å². The number of rotatable bonds is 5. The lowest BCUT2D eigenvalue weighted by Gasteiger charge is -2.20. The van der Waals surface area contributed by atoms with E-state index >= 15 is 0 Å². The molecule has 0 radical (unpaired) electrons. The van der Waals surface area contributed by atoms with E-state index in [4.69, 9.17) is 9.05 Å². The van der Waals surface area contributed by atoms with Gasteiger partial charge in [0.25, 0.3) is 5.91 Å². The maximum absolute atomic E-state index is 12.8. The van der Waals surface area contributed by atoms with Crippen LogP contribution in [0.2, 0.25) is 0 Å². The fourth-order valence-corrected chi connectivity index (χ4v) is 2.95. The SMILES string of the molecule is CC(C)Cc1cc(C(=O)N2CCCC2c2nc(C(C)C)no2)on1. The summed E-state index contributed by atoms with van der Waals surface area (Å²) in [5, 5.41) is 8.00. The Bertz CT molecular complexity index is 704. The second kappa shape index (κ2) is 6.75. The molecule has 2 aromatic rings. The van der Waals surface area contributed by atoms with Crippen LogP contribution in [0.5, 0.6) is 0 Å². The van der Waals surface area contributed by atoms with E-state index in [1.165, 1.54) is 0 Å². The van der Waals surface area contributed by atoms with Crippen LogP contribution in [0.25, 0.3) is 0 Å². The number of amides is 1. The van der Waals surface area contributed by atoms with Crippen LogP contribution in [-0.4, -0.2) is 32.6 Å². The van der Waals surface area contributed by atoms with Gasteiger partial charge in [0.05, 0.1) is 5.69 Å². The third kappa shape index (κ3) is 3.34. The minimum atomic E-state index is -0.184. The van der Waals surface area contributed by atoms with Gasteiger partial charge in [-0.25, -0.2) is 0 Å². The molecule has 0 N–H and O–H groups in total. The summed E-state index contributed by atoms with van der Waals surface area (Å²) in [4.78, 5) is 19.0. The van der Waals surface area contributed by atoms with E-state index in [9.17, 15) is 4.79 Å². The summed E-state index contributed by atoms with van der Waals surface area (Å²) in [5.74, 6) is 1.95. The normalized spacial score (nSPS) is 18.1. The molecule has 24 heavy (non-hydrogen) atoms. The predicted molar refractivity (Wildman–Crippen MR) is 86.4 cm³/mol. The summed E-state index contributed by atoms with van der Waals surface area (Å²) in [5.41, 5.74) is 0.809. The molecule has 7 heteroatoms. The summed E-state index contributed by atoms with van der Waals surface area (Å²) < 4.78 is 10.6. The Morgan fingerprint density at radius 1 is 1.29 bits per heavy atom. The zero-order valence-electron chi connectivity index (χ0n) is 14.7. The van der Waals surface area contributed by atoms with Crippen molar-refractivity contribution in [3.63, 3.8) is 0 Å². The largest absolute Gasteiger partial charge is 0.351 e. The highest BCUT2D eigenvalue weighted by Crippen LogP contribution is 2.32. The highest BCUT2D eigenvalue weighted by Gasteiger charge is 2.36. The lowest BCUT2D eigenvalue weighted by atomic mass is 10.1. The van der Waals surface area contributed by atoms with Gasteiger partial charge in [0, 0.05) is 18.5 Å². The number of hydrogen-bond acceptors (Lipinski definition) is 6. The van der Waals surface area contributed by atoms with E-state index in [2.05, 4.69) is 29.1 Å². The lowest BCUT2D eigenvalue weighted by Crippen LogP contribution is -2.30. The van der Waals surface area contributed by atoms with Gasteiger partial charge in [-0.3, -0.25) is 4.79 Å². The Kier molecular flexibility index (Phi) is 4.69. The highest BCUT2D eigenvalue weighted by molar-refractivity contribution is 5.91. The van der Waals surface area contributed by atoms with E-state index in [1.807, 2.05) is 13.8 Å². The average molecular weight is 332 g/mol. The molecule has 1 atom stereocenters. The molecular weight excluding hydrogens is 308 g/mol. The van der Waals surface area contributed by atoms with Crippen molar-refractivity contribution >= 4 is 5.91 Å². The molecule has 7 nitrogen and oxygen atoms in total. The highest BCUT2D eigenvalue weighted by atomic mass is 16.5. The minimum absolute atomic E-state index is 0.163. The molecule has 0 spiro atoms. The van der Waals surface area contributed by atoms with Crippen molar-refractivity contribution in [3.05, 3.63) is 29.2 Å². The van der Waals surface area contributed by atoms with Crippen LogP contribution in [0.4, 0.5) is 0 Å². The molecule has 1 aliphatic rings. The quantitative estimate of drug-likeness (QED) is 0.834. The van der Waals surface area contributed by atoms with Gasteiger partial charge in [0.2, 0.25) is 11.7 Å². The van der Waals surface area contributed by atoms with Crippen molar-refractivity contribution in [1.82, 2.24) is 20.2 Å². The number of carbonyl (C=O) groups excluding carboxylic acids is 1. The number of nitrogens with zero attached hydrogens (tertiary/aromatic N) is 4.